The largest absolute Gasteiger partial charge is 0.299 e. The van der Waals surface area contributed by atoms with Crippen LogP contribution in [0, 0.1) is 17.8 Å². The molecule has 15 heavy (non-hydrogen) atoms. The molecule has 0 aromatic carbocycles. The van der Waals surface area contributed by atoms with Crippen molar-refractivity contribution in [2.75, 3.05) is 0 Å². The first-order valence-electron chi connectivity index (χ1n) is 5.52. The first-order chi connectivity index (χ1) is 7.25. The Morgan fingerprint density at radius 2 is 2.13 bits per heavy atom. The SMILES string of the molecule is O=C(Cc1ccc(Br)s1)C1C2CCCC21. The molecule has 0 radical (unpaired) electrons. The standard InChI is InChI=1S/C12H13BrOS/c13-11-5-4-7(15-11)6-10(14)12-8-2-1-3-9(8)12/h4-5,8-9,12H,1-3,6H2. The second-order valence-electron chi connectivity index (χ2n) is 4.63. The quantitative estimate of drug-likeness (QED) is 0.828. The number of rotatable bonds is 3. The summed E-state index contributed by atoms with van der Waals surface area (Å²) >= 11 is 5.12. The normalized spacial score (nSPS) is 32.7. The van der Waals surface area contributed by atoms with Crippen molar-refractivity contribution in [2.45, 2.75) is 25.7 Å². The summed E-state index contributed by atoms with van der Waals surface area (Å²) in [6.45, 7) is 0. The van der Waals surface area contributed by atoms with E-state index >= 15 is 0 Å². The molecule has 0 bridgehead atoms. The van der Waals surface area contributed by atoms with Gasteiger partial charge in [-0.2, -0.15) is 0 Å². The van der Waals surface area contributed by atoms with E-state index in [1.54, 1.807) is 11.3 Å². The topological polar surface area (TPSA) is 17.1 Å². The lowest BCUT2D eigenvalue weighted by Gasteiger charge is -2.00. The molecule has 3 heteroatoms. The number of fused-ring (bicyclic) bond motifs is 1. The summed E-state index contributed by atoms with van der Waals surface area (Å²) in [6, 6.07) is 4.09. The maximum absolute atomic E-state index is 12.0. The van der Waals surface area contributed by atoms with E-state index in [4.69, 9.17) is 0 Å². The Balaban J connectivity index is 1.63. The Bertz CT molecular complexity index is 388. The van der Waals surface area contributed by atoms with E-state index in [0.717, 1.165) is 15.6 Å². The van der Waals surface area contributed by atoms with Crippen LogP contribution in [0.2, 0.25) is 0 Å². The molecule has 1 aromatic heterocycles. The molecule has 2 aliphatic rings. The molecule has 1 aromatic rings. The third kappa shape index (κ3) is 1.80. The average Bonchev–Trinajstić information content (AvgIpc) is 2.60. The van der Waals surface area contributed by atoms with Crippen molar-refractivity contribution >= 4 is 33.0 Å². The zero-order valence-electron chi connectivity index (χ0n) is 8.41. The van der Waals surface area contributed by atoms with Crippen LogP contribution in [0.1, 0.15) is 24.1 Å². The number of carbonyl (C=O) groups excluding carboxylic acids is 1. The number of thiophene rings is 1. The molecule has 1 heterocycles. The molecule has 1 nitrogen and oxygen atoms in total. The molecule has 3 rings (SSSR count). The van der Waals surface area contributed by atoms with E-state index < -0.39 is 0 Å². The second kappa shape index (κ2) is 3.70. The van der Waals surface area contributed by atoms with Crippen LogP contribution in [-0.4, -0.2) is 5.78 Å². The van der Waals surface area contributed by atoms with Gasteiger partial charge in [-0.25, -0.2) is 0 Å². The minimum absolute atomic E-state index is 0.430. The molecule has 0 aliphatic heterocycles. The van der Waals surface area contributed by atoms with Crippen LogP contribution in [0.15, 0.2) is 15.9 Å². The monoisotopic (exact) mass is 284 g/mol. The van der Waals surface area contributed by atoms with Crippen molar-refractivity contribution in [3.8, 4) is 0 Å². The van der Waals surface area contributed by atoms with Gasteiger partial charge in [0.1, 0.15) is 5.78 Å². The minimum atomic E-state index is 0.430. The third-order valence-corrected chi connectivity index (χ3v) is 5.38. The molecule has 80 valence electrons. The Kier molecular flexibility index (Phi) is 2.48. The fraction of sp³-hybridized carbons (Fsp3) is 0.583. The Morgan fingerprint density at radius 1 is 1.40 bits per heavy atom. The highest BCUT2D eigenvalue weighted by atomic mass is 79.9. The highest BCUT2D eigenvalue weighted by molar-refractivity contribution is 9.11. The van der Waals surface area contributed by atoms with Crippen LogP contribution in [0.3, 0.4) is 0 Å². The maximum atomic E-state index is 12.0. The van der Waals surface area contributed by atoms with Gasteiger partial charge in [-0.1, -0.05) is 6.42 Å². The van der Waals surface area contributed by atoms with Gasteiger partial charge in [-0.3, -0.25) is 4.79 Å². The fourth-order valence-electron chi connectivity index (χ4n) is 3.04. The van der Waals surface area contributed by atoms with Gasteiger partial charge in [0, 0.05) is 17.2 Å². The number of carbonyl (C=O) groups is 1. The van der Waals surface area contributed by atoms with E-state index in [1.807, 2.05) is 6.07 Å². The fourth-order valence-corrected chi connectivity index (χ4v) is 4.53. The number of hydrogen-bond donors (Lipinski definition) is 0. The Labute approximate surface area is 102 Å². The molecular formula is C12H13BrOS. The summed E-state index contributed by atoms with van der Waals surface area (Å²) < 4.78 is 1.13. The number of hydrogen-bond acceptors (Lipinski definition) is 2. The van der Waals surface area contributed by atoms with Crippen LogP contribution in [0.4, 0.5) is 0 Å². The predicted octanol–water partition coefficient (Wildman–Crippen LogP) is 3.67. The van der Waals surface area contributed by atoms with E-state index in [2.05, 4.69) is 22.0 Å². The lowest BCUT2D eigenvalue weighted by atomic mass is 10.1. The van der Waals surface area contributed by atoms with Gasteiger partial charge in [0.25, 0.3) is 0 Å². The first-order valence-corrected chi connectivity index (χ1v) is 7.13. The summed E-state index contributed by atoms with van der Waals surface area (Å²) in [5, 5.41) is 0. The third-order valence-electron chi connectivity index (χ3n) is 3.76. The molecule has 0 amide bonds. The van der Waals surface area contributed by atoms with Crippen LogP contribution in [-0.2, 0) is 11.2 Å². The number of Topliss-reactive ketones (excluding diaryl/α,β-unsaturated/α-hetero) is 1. The number of ketones is 1. The molecule has 2 unspecified atom stereocenters. The zero-order chi connectivity index (χ0) is 10.4. The van der Waals surface area contributed by atoms with Crippen LogP contribution in [0.5, 0.6) is 0 Å². The van der Waals surface area contributed by atoms with E-state index in [0.29, 0.717) is 18.1 Å². The zero-order valence-corrected chi connectivity index (χ0v) is 10.8. The summed E-state index contributed by atoms with van der Waals surface area (Å²) in [5.41, 5.74) is 0. The molecule has 2 saturated carbocycles. The number of halogens is 1. The van der Waals surface area contributed by atoms with E-state index in [9.17, 15) is 4.79 Å². The predicted molar refractivity (Wildman–Crippen MR) is 65.1 cm³/mol. The molecule has 2 atom stereocenters. The Hall–Kier alpha value is -0.150. The first kappa shape index (κ1) is 10.0. The average molecular weight is 285 g/mol. The van der Waals surface area contributed by atoms with Crippen molar-refractivity contribution in [1.82, 2.24) is 0 Å². The van der Waals surface area contributed by atoms with Crippen LogP contribution in [0.25, 0.3) is 0 Å². The molecule has 0 spiro atoms. The van der Waals surface area contributed by atoms with Gasteiger partial charge in [0.2, 0.25) is 0 Å². The Morgan fingerprint density at radius 3 is 2.73 bits per heavy atom. The van der Waals surface area contributed by atoms with Crippen molar-refractivity contribution in [3.63, 3.8) is 0 Å². The second-order valence-corrected chi connectivity index (χ2v) is 7.18. The van der Waals surface area contributed by atoms with Crippen LogP contribution >= 0.6 is 27.3 Å². The molecular weight excluding hydrogens is 272 g/mol. The highest BCUT2D eigenvalue weighted by Crippen LogP contribution is 2.58. The minimum Gasteiger partial charge on any atom is -0.299 e. The van der Waals surface area contributed by atoms with Gasteiger partial charge < -0.3 is 0 Å². The lowest BCUT2D eigenvalue weighted by Crippen LogP contribution is -2.07. The highest BCUT2D eigenvalue weighted by Gasteiger charge is 2.55. The summed E-state index contributed by atoms with van der Waals surface area (Å²) in [4.78, 5) is 13.2. The molecule has 2 fully saturated rings. The molecule has 2 aliphatic carbocycles. The smallest absolute Gasteiger partial charge is 0.141 e. The maximum Gasteiger partial charge on any atom is 0.141 e. The van der Waals surface area contributed by atoms with Crippen molar-refractivity contribution in [3.05, 3.63) is 20.8 Å². The van der Waals surface area contributed by atoms with Crippen molar-refractivity contribution in [1.29, 1.82) is 0 Å². The molecule has 0 N–H and O–H groups in total. The van der Waals surface area contributed by atoms with E-state index in [1.165, 1.54) is 24.1 Å². The van der Waals surface area contributed by atoms with Crippen molar-refractivity contribution in [2.24, 2.45) is 17.8 Å². The van der Waals surface area contributed by atoms with Crippen molar-refractivity contribution < 1.29 is 4.79 Å². The molecule has 0 saturated heterocycles. The van der Waals surface area contributed by atoms with Gasteiger partial charge in [0.15, 0.2) is 0 Å². The van der Waals surface area contributed by atoms with Gasteiger partial charge in [0.05, 0.1) is 3.79 Å². The van der Waals surface area contributed by atoms with Crippen LogP contribution < -0.4 is 0 Å². The summed E-state index contributed by atoms with van der Waals surface area (Å²) in [5.74, 6) is 2.44. The van der Waals surface area contributed by atoms with Gasteiger partial charge in [-0.05, 0) is 52.7 Å². The van der Waals surface area contributed by atoms with Gasteiger partial charge in [-0.15, -0.1) is 11.3 Å². The summed E-state index contributed by atoms with van der Waals surface area (Å²) in [6.07, 6.45) is 4.61. The van der Waals surface area contributed by atoms with Gasteiger partial charge >= 0.3 is 0 Å². The summed E-state index contributed by atoms with van der Waals surface area (Å²) in [7, 11) is 0. The lowest BCUT2D eigenvalue weighted by molar-refractivity contribution is -0.120. The van der Waals surface area contributed by atoms with E-state index in [-0.39, 0.29) is 0 Å².